The molecular formula is C20H26N4O2S. The number of piperidine rings is 1. The molecule has 0 bridgehead atoms. The van der Waals surface area contributed by atoms with Gasteiger partial charge in [-0.05, 0) is 31.4 Å². The lowest BCUT2D eigenvalue weighted by Gasteiger charge is -2.31. The highest BCUT2D eigenvalue weighted by molar-refractivity contribution is 7.13. The summed E-state index contributed by atoms with van der Waals surface area (Å²) < 4.78 is 0. The van der Waals surface area contributed by atoms with Crippen LogP contribution in [0.5, 0.6) is 0 Å². The standard InChI is InChI=1S/C20H26N4O2S/c1-13-7-8-16(21-10-13)23-17(25)14-6-5-9-24(12-14)18(26)15-11-22-19(27-15)20(2,3)4/h7-8,10-11,14H,5-6,9,12H2,1-4H3,(H,21,23,25). The number of pyridine rings is 1. The summed E-state index contributed by atoms with van der Waals surface area (Å²) in [5.74, 6) is 0.213. The van der Waals surface area contributed by atoms with Crippen LogP contribution in [0.4, 0.5) is 5.82 Å². The summed E-state index contributed by atoms with van der Waals surface area (Å²) in [6, 6.07) is 3.71. The van der Waals surface area contributed by atoms with Gasteiger partial charge in [0, 0.05) is 24.7 Å². The maximum absolute atomic E-state index is 12.9. The zero-order chi connectivity index (χ0) is 19.6. The molecule has 0 aromatic carbocycles. The topological polar surface area (TPSA) is 75.2 Å². The van der Waals surface area contributed by atoms with Crippen LogP contribution in [0, 0.1) is 12.8 Å². The van der Waals surface area contributed by atoms with Gasteiger partial charge in [-0.25, -0.2) is 9.97 Å². The van der Waals surface area contributed by atoms with Gasteiger partial charge < -0.3 is 10.2 Å². The van der Waals surface area contributed by atoms with Gasteiger partial charge in [-0.1, -0.05) is 26.8 Å². The second-order valence-corrected chi connectivity index (χ2v) is 9.11. The van der Waals surface area contributed by atoms with Crippen LogP contribution in [0.2, 0.25) is 0 Å². The van der Waals surface area contributed by atoms with Gasteiger partial charge in [-0.3, -0.25) is 9.59 Å². The van der Waals surface area contributed by atoms with Crippen molar-refractivity contribution in [3.8, 4) is 0 Å². The molecule has 1 unspecified atom stereocenters. The molecule has 2 amide bonds. The number of aryl methyl sites for hydroxylation is 1. The van der Waals surface area contributed by atoms with Crippen molar-refractivity contribution in [2.24, 2.45) is 5.92 Å². The molecule has 27 heavy (non-hydrogen) atoms. The monoisotopic (exact) mass is 386 g/mol. The summed E-state index contributed by atoms with van der Waals surface area (Å²) in [7, 11) is 0. The van der Waals surface area contributed by atoms with Gasteiger partial charge in [0.25, 0.3) is 5.91 Å². The van der Waals surface area contributed by atoms with Gasteiger partial charge in [0.2, 0.25) is 5.91 Å². The Morgan fingerprint density at radius 2 is 2.00 bits per heavy atom. The molecule has 2 aromatic heterocycles. The Hall–Kier alpha value is -2.28. The van der Waals surface area contributed by atoms with Gasteiger partial charge in [0.1, 0.15) is 10.7 Å². The van der Waals surface area contributed by atoms with Crippen molar-refractivity contribution in [3.63, 3.8) is 0 Å². The van der Waals surface area contributed by atoms with E-state index in [2.05, 4.69) is 36.1 Å². The molecule has 0 radical (unpaired) electrons. The molecule has 0 spiro atoms. The van der Waals surface area contributed by atoms with E-state index in [4.69, 9.17) is 0 Å². The van der Waals surface area contributed by atoms with Crippen LogP contribution in [-0.4, -0.2) is 39.8 Å². The molecule has 1 atom stereocenters. The smallest absolute Gasteiger partial charge is 0.265 e. The fourth-order valence-corrected chi connectivity index (χ4v) is 3.96. The second kappa shape index (κ2) is 7.76. The number of likely N-dealkylation sites (tertiary alicyclic amines) is 1. The van der Waals surface area contributed by atoms with Gasteiger partial charge in [0.15, 0.2) is 0 Å². The first-order chi connectivity index (χ1) is 12.7. The first-order valence-corrected chi connectivity index (χ1v) is 10.0. The summed E-state index contributed by atoms with van der Waals surface area (Å²) in [5, 5.41) is 3.81. The Bertz CT molecular complexity index is 823. The van der Waals surface area contributed by atoms with Gasteiger partial charge >= 0.3 is 0 Å². The summed E-state index contributed by atoms with van der Waals surface area (Å²) in [6.45, 7) is 9.31. The van der Waals surface area contributed by atoms with E-state index in [1.807, 2.05) is 13.0 Å². The number of aromatic nitrogens is 2. The van der Waals surface area contributed by atoms with E-state index < -0.39 is 0 Å². The first kappa shape index (κ1) is 19.5. The summed E-state index contributed by atoms with van der Waals surface area (Å²) in [5.41, 5.74) is 0.968. The maximum Gasteiger partial charge on any atom is 0.265 e. The number of anilines is 1. The highest BCUT2D eigenvalue weighted by Gasteiger charge is 2.30. The van der Waals surface area contributed by atoms with Crippen LogP contribution in [0.1, 0.15) is 53.9 Å². The van der Waals surface area contributed by atoms with Crippen molar-refractivity contribution < 1.29 is 9.59 Å². The summed E-state index contributed by atoms with van der Waals surface area (Å²) >= 11 is 1.44. The average molecular weight is 387 g/mol. The Morgan fingerprint density at radius 3 is 2.63 bits per heavy atom. The van der Waals surface area contributed by atoms with Crippen molar-refractivity contribution in [2.75, 3.05) is 18.4 Å². The summed E-state index contributed by atoms with van der Waals surface area (Å²) in [4.78, 5) is 36.5. The third kappa shape index (κ3) is 4.71. The molecule has 7 heteroatoms. The third-order valence-corrected chi connectivity index (χ3v) is 6.01. The minimum Gasteiger partial charge on any atom is -0.337 e. The Kier molecular flexibility index (Phi) is 5.60. The molecule has 1 fully saturated rings. The molecule has 2 aromatic rings. The largest absolute Gasteiger partial charge is 0.337 e. The van der Waals surface area contributed by atoms with Crippen molar-refractivity contribution in [1.82, 2.24) is 14.9 Å². The van der Waals surface area contributed by atoms with Crippen molar-refractivity contribution >= 4 is 29.0 Å². The summed E-state index contributed by atoms with van der Waals surface area (Å²) in [6.07, 6.45) is 4.98. The van der Waals surface area contributed by atoms with E-state index in [-0.39, 0.29) is 23.1 Å². The number of carbonyl (C=O) groups is 2. The zero-order valence-corrected chi connectivity index (χ0v) is 17.1. The van der Waals surface area contributed by atoms with Crippen molar-refractivity contribution in [1.29, 1.82) is 0 Å². The van der Waals surface area contributed by atoms with E-state index in [1.54, 1.807) is 23.4 Å². The molecule has 3 heterocycles. The average Bonchev–Trinajstić information content (AvgIpc) is 3.13. The van der Waals surface area contributed by atoms with E-state index in [1.165, 1.54) is 11.3 Å². The fraction of sp³-hybridized carbons (Fsp3) is 0.500. The minimum absolute atomic E-state index is 0.0334. The first-order valence-electron chi connectivity index (χ1n) is 9.23. The van der Waals surface area contributed by atoms with E-state index >= 15 is 0 Å². The molecule has 144 valence electrons. The predicted octanol–water partition coefficient (Wildman–Crippen LogP) is 3.63. The van der Waals surface area contributed by atoms with Crippen LogP contribution in [0.15, 0.2) is 24.5 Å². The quantitative estimate of drug-likeness (QED) is 0.874. The van der Waals surface area contributed by atoms with Crippen molar-refractivity contribution in [3.05, 3.63) is 40.0 Å². The lowest BCUT2D eigenvalue weighted by molar-refractivity contribution is -0.121. The molecule has 1 N–H and O–H groups in total. The molecule has 1 aliphatic rings. The zero-order valence-electron chi connectivity index (χ0n) is 16.3. The van der Waals surface area contributed by atoms with E-state index in [0.717, 1.165) is 23.4 Å². The number of hydrogen-bond acceptors (Lipinski definition) is 5. The number of nitrogens with zero attached hydrogens (tertiary/aromatic N) is 3. The van der Waals surface area contributed by atoms with E-state index in [0.29, 0.717) is 23.8 Å². The SMILES string of the molecule is Cc1ccc(NC(=O)C2CCCN(C(=O)c3cnc(C(C)(C)C)s3)C2)nc1. The van der Waals surface area contributed by atoms with Crippen LogP contribution < -0.4 is 5.32 Å². The number of amides is 2. The predicted molar refractivity (Wildman–Crippen MR) is 107 cm³/mol. The number of thiazole rings is 1. The molecule has 0 aliphatic carbocycles. The molecular weight excluding hydrogens is 360 g/mol. The molecule has 1 aliphatic heterocycles. The Morgan fingerprint density at radius 1 is 1.22 bits per heavy atom. The van der Waals surface area contributed by atoms with Gasteiger partial charge in [-0.15, -0.1) is 11.3 Å². The molecule has 0 saturated carbocycles. The van der Waals surface area contributed by atoms with E-state index in [9.17, 15) is 9.59 Å². The lowest BCUT2D eigenvalue weighted by atomic mass is 9.97. The number of carbonyl (C=O) groups excluding carboxylic acids is 2. The number of rotatable bonds is 3. The molecule has 6 nitrogen and oxygen atoms in total. The molecule has 1 saturated heterocycles. The van der Waals surface area contributed by atoms with Gasteiger partial charge in [-0.2, -0.15) is 0 Å². The second-order valence-electron chi connectivity index (χ2n) is 8.08. The lowest BCUT2D eigenvalue weighted by Crippen LogP contribution is -2.43. The van der Waals surface area contributed by atoms with Crippen LogP contribution >= 0.6 is 11.3 Å². The molecule has 3 rings (SSSR count). The minimum atomic E-state index is -0.221. The normalized spacial score (nSPS) is 17.6. The highest BCUT2D eigenvalue weighted by Crippen LogP contribution is 2.28. The van der Waals surface area contributed by atoms with Gasteiger partial charge in [0.05, 0.1) is 17.1 Å². The fourth-order valence-electron chi connectivity index (χ4n) is 3.02. The van der Waals surface area contributed by atoms with Crippen LogP contribution in [-0.2, 0) is 10.2 Å². The Balaban J connectivity index is 1.64. The number of hydrogen-bond donors (Lipinski definition) is 1. The number of nitrogens with one attached hydrogen (secondary N) is 1. The van der Waals surface area contributed by atoms with Crippen molar-refractivity contribution in [2.45, 2.75) is 46.0 Å². The van der Waals surface area contributed by atoms with Crippen LogP contribution in [0.3, 0.4) is 0 Å². The highest BCUT2D eigenvalue weighted by atomic mass is 32.1. The maximum atomic E-state index is 12.9. The van der Waals surface area contributed by atoms with Crippen LogP contribution in [0.25, 0.3) is 0 Å². The Labute approximate surface area is 164 Å². The third-order valence-electron chi connectivity index (χ3n) is 4.60.